The summed E-state index contributed by atoms with van der Waals surface area (Å²) in [6, 6.07) is 9.25. The molecule has 136 valence electrons. The number of ether oxygens (including phenoxy) is 1. The number of nitrogens with zero attached hydrogens (tertiary/aromatic N) is 2. The Morgan fingerprint density at radius 2 is 1.96 bits per heavy atom. The molecule has 5 nitrogen and oxygen atoms in total. The second-order valence-corrected chi connectivity index (χ2v) is 7.97. The summed E-state index contributed by atoms with van der Waals surface area (Å²) in [5.41, 5.74) is 2.01. The first kappa shape index (κ1) is 16.9. The molecule has 1 N–H and O–H groups in total. The van der Waals surface area contributed by atoms with Crippen molar-refractivity contribution in [1.29, 1.82) is 0 Å². The number of piperidine rings is 1. The monoisotopic (exact) mass is 344 g/mol. The molecule has 1 aromatic carbocycles. The zero-order valence-electron chi connectivity index (χ0n) is 15.0. The van der Waals surface area contributed by atoms with Crippen LogP contribution in [-0.2, 0) is 9.53 Å². The van der Waals surface area contributed by atoms with Gasteiger partial charge in [-0.1, -0.05) is 17.7 Å². The molecule has 3 saturated heterocycles. The van der Waals surface area contributed by atoms with Crippen LogP contribution in [0.1, 0.15) is 24.8 Å². The van der Waals surface area contributed by atoms with Crippen molar-refractivity contribution in [2.45, 2.75) is 32.2 Å². The van der Waals surface area contributed by atoms with Crippen molar-refractivity contribution in [3.63, 3.8) is 0 Å². The standard InChI is InChI=1S/C20H28N2O3/c1-15-2-4-17(5-3-15)21-9-6-18(7-10-21)22-12-16-13-25-11-8-20(16,14-22)19(23)24/h2-5,16,18H,6-14H2,1H3,(H,23,24)/t16-,20+/m1/s1. The molecule has 0 bridgehead atoms. The lowest BCUT2D eigenvalue weighted by atomic mass is 9.74. The highest BCUT2D eigenvalue weighted by atomic mass is 16.5. The van der Waals surface area contributed by atoms with E-state index in [4.69, 9.17) is 4.74 Å². The lowest BCUT2D eigenvalue weighted by molar-refractivity contribution is -0.157. The minimum atomic E-state index is -0.625. The van der Waals surface area contributed by atoms with Crippen molar-refractivity contribution in [1.82, 2.24) is 4.90 Å². The largest absolute Gasteiger partial charge is 0.481 e. The molecule has 1 aromatic rings. The maximum atomic E-state index is 12.0. The molecule has 4 rings (SSSR count). The highest BCUT2D eigenvalue weighted by Gasteiger charge is 2.54. The fourth-order valence-electron chi connectivity index (χ4n) is 4.86. The summed E-state index contributed by atoms with van der Waals surface area (Å²) in [6.07, 6.45) is 2.88. The van der Waals surface area contributed by atoms with Gasteiger partial charge in [0, 0.05) is 50.4 Å². The van der Waals surface area contributed by atoms with Crippen molar-refractivity contribution >= 4 is 11.7 Å². The van der Waals surface area contributed by atoms with E-state index in [9.17, 15) is 9.90 Å². The van der Waals surface area contributed by atoms with Crippen LogP contribution in [0.3, 0.4) is 0 Å². The van der Waals surface area contributed by atoms with E-state index in [0.717, 1.165) is 32.5 Å². The number of benzene rings is 1. The summed E-state index contributed by atoms with van der Waals surface area (Å²) in [7, 11) is 0. The molecule has 0 aliphatic carbocycles. The molecule has 0 amide bonds. The van der Waals surface area contributed by atoms with Crippen LogP contribution < -0.4 is 4.90 Å². The average molecular weight is 344 g/mol. The Hall–Kier alpha value is -1.59. The second kappa shape index (κ2) is 6.61. The lowest BCUT2D eigenvalue weighted by Crippen LogP contribution is -2.46. The zero-order valence-corrected chi connectivity index (χ0v) is 15.0. The summed E-state index contributed by atoms with van der Waals surface area (Å²) in [6.45, 7) is 6.97. The normalized spacial score (nSPS) is 31.1. The molecule has 25 heavy (non-hydrogen) atoms. The van der Waals surface area contributed by atoms with Gasteiger partial charge in [0.1, 0.15) is 0 Å². The molecule has 2 atom stereocenters. The van der Waals surface area contributed by atoms with Crippen LogP contribution in [0.4, 0.5) is 5.69 Å². The number of carboxylic acid groups (broad SMARTS) is 1. The molecular formula is C20H28N2O3. The van der Waals surface area contributed by atoms with Gasteiger partial charge in [-0.15, -0.1) is 0 Å². The van der Waals surface area contributed by atoms with Crippen LogP contribution in [0, 0.1) is 18.3 Å². The summed E-state index contributed by atoms with van der Waals surface area (Å²) in [5.74, 6) is -0.478. The van der Waals surface area contributed by atoms with Gasteiger partial charge in [0.25, 0.3) is 0 Å². The van der Waals surface area contributed by atoms with Crippen LogP contribution in [0.5, 0.6) is 0 Å². The maximum absolute atomic E-state index is 12.0. The topological polar surface area (TPSA) is 53.0 Å². The predicted octanol–water partition coefficient (Wildman–Crippen LogP) is 2.39. The molecule has 0 unspecified atom stereocenters. The molecule has 3 heterocycles. The van der Waals surface area contributed by atoms with Crippen LogP contribution in [0.15, 0.2) is 24.3 Å². The number of fused-ring (bicyclic) bond motifs is 1. The van der Waals surface area contributed by atoms with E-state index in [0.29, 0.717) is 32.2 Å². The summed E-state index contributed by atoms with van der Waals surface area (Å²) < 4.78 is 5.58. The third-order valence-corrected chi connectivity index (χ3v) is 6.54. The number of likely N-dealkylation sites (tertiary alicyclic amines) is 1. The Kier molecular flexibility index (Phi) is 4.46. The number of aryl methyl sites for hydroxylation is 1. The summed E-state index contributed by atoms with van der Waals surface area (Å²) >= 11 is 0. The van der Waals surface area contributed by atoms with Gasteiger partial charge < -0.3 is 14.7 Å². The van der Waals surface area contributed by atoms with Crippen molar-refractivity contribution in [2.24, 2.45) is 11.3 Å². The lowest BCUT2D eigenvalue weighted by Gasteiger charge is -2.38. The van der Waals surface area contributed by atoms with Crippen molar-refractivity contribution in [2.75, 3.05) is 44.3 Å². The molecule has 0 aromatic heterocycles. The van der Waals surface area contributed by atoms with Crippen molar-refractivity contribution < 1.29 is 14.6 Å². The van der Waals surface area contributed by atoms with E-state index in [1.165, 1.54) is 11.3 Å². The minimum absolute atomic E-state index is 0.147. The van der Waals surface area contributed by atoms with E-state index >= 15 is 0 Å². The Morgan fingerprint density at radius 3 is 2.60 bits per heavy atom. The summed E-state index contributed by atoms with van der Waals surface area (Å²) in [5, 5.41) is 9.84. The minimum Gasteiger partial charge on any atom is -0.481 e. The quantitative estimate of drug-likeness (QED) is 0.912. The highest BCUT2D eigenvalue weighted by molar-refractivity contribution is 5.76. The van der Waals surface area contributed by atoms with Crippen molar-refractivity contribution in [3.05, 3.63) is 29.8 Å². The maximum Gasteiger partial charge on any atom is 0.311 e. The van der Waals surface area contributed by atoms with Gasteiger partial charge in [0.05, 0.1) is 12.0 Å². The predicted molar refractivity (Wildman–Crippen MR) is 97.0 cm³/mol. The molecule has 0 saturated carbocycles. The number of rotatable bonds is 3. The smallest absolute Gasteiger partial charge is 0.311 e. The van der Waals surface area contributed by atoms with Gasteiger partial charge in [0.2, 0.25) is 0 Å². The third kappa shape index (κ3) is 3.04. The highest BCUT2D eigenvalue weighted by Crippen LogP contribution is 2.44. The fourth-order valence-corrected chi connectivity index (χ4v) is 4.86. The van der Waals surface area contributed by atoms with Crippen LogP contribution in [0.25, 0.3) is 0 Å². The van der Waals surface area contributed by atoms with E-state index in [-0.39, 0.29) is 5.92 Å². The Labute approximate surface area is 149 Å². The van der Waals surface area contributed by atoms with Gasteiger partial charge >= 0.3 is 5.97 Å². The first-order valence-corrected chi connectivity index (χ1v) is 9.45. The molecule has 0 spiro atoms. The first-order valence-electron chi connectivity index (χ1n) is 9.45. The molecule has 3 aliphatic heterocycles. The van der Waals surface area contributed by atoms with Gasteiger partial charge in [-0.05, 0) is 38.3 Å². The molecule has 3 aliphatic rings. The number of aliphatic carboxylic acids is 1. The molecular weight excluding hydrogens is 316 g/mol. The van der Waals surface area contributed by atoms with Crippen LogP contribution >= 0.6 is 0 Å². The second-order valence-electron chi connectivity index (χ2n) is 7.97. The first-order chi connectivity index (χ1) is 12.1. The molecule has 5 heteroatoms. The fraction of sp³-hybridized carbons (Fsp3) is 0.650. The Balaban J connectivity index is 1.40. The van der Waals surface area contributed by atoms with Gasteiger partial charge in [-0.25, -0.2) is 0 Å². The SMILES string of the molecule is Cc1ccc(N2CCC(N3C[C@@H]4COCC[C@]4(C(=O)O)C3)CC2)cc1. The van der Waals surface area contributed by atoms with Crippen LogP contribution in [0.2, 0.25) is 0 Å². The molecule has 3 fully saturated rings. The summed E-state index contributed by atoms with van der Waals surface area (Å²) in [4.78, 5) is 16.9. The average Bonchev–Trinajstić information content (AvgIpc) is 3.04. The van der Waals surface area contributed by atoms with E-state index < -0.39 is 11.4 Å². The number of anilines is 1. The van der Waals surface area contributed by atoms with Gasteiger partial charge in [-0.2, -0.15) is 0 Å². The van der Waals surface area contributed by atoms with Crippen LogP contribution in [-0.4, -0.2) is 61.4 Å². The Morgan fingerprint density at radius 1 is 1.24 bits per heavy atom. The number of hydrogen-bond acceptors (Lipinski definition) is 4. The van der Waals surface area contributed by atoms with Gasteiger partial charge in [-0.3, -0.25) is 9.69 Å². The van der Waals surface area contributed by atoms with E-state index in [1.807, 2.05) is 0 Å². The molecule has 0 radical (unpaired) electrons. The van der Waals surface area contributed by atoms with E-state index in [2.05, 4.69) is 41.0 Å². The Bertz CT molecular complexity index is 624. The van der Waals surface area contributed by atoms with Crippen molar-refractivity contribution in [3.8, 4) is 0 Å². The zero-order chi connectivity index (χ0) is 17.4. The van der Waals surface area contributed by atoms with E-state index in [1.54, 1.807) is 0 Å². The number of carboxylic acids is 1. The van der Waals surface area contributed by atoms with Gasteiger partial charge in [0.15, 0.2) is 0 Å². The number of hydrogen-bond donors (Lipinski definition) is 1. The third-order valence-electron chi connectivity index (χ3n) is 6.54. The number of carbonyl (C=O) groups is 1.